The molecule has 4 atom stereocenters. The van der Waals surface area contributed by atoms with Crippen molar-refractivity contribution in [3.05, 3.63) is 77.9 Å². The first-order chi connectivity index (χ1) is 19.2. The number of rotatable bonds is 7. The van der Waals surface area contributed by atoms with E-state index in [9.17, 15) is 9.59 Å². The number of fused-ring (bicyclic) bond motifs is 2. The summed E-state index contributed by atoms with van der Waals surface area (Å²) < 4.78 is 13.2. The number of likely N-dealkylation sites (tertiary alicyclic amines) is 1. The predicted octanol–water partition coefficient (Wildman–Crippen LogP) is 5.63. The Bertz CT molecular complexity index is 1430. The Labute approximate surface area is 237 Å². The second-order valence-electron chi connectivity index (χ2n) is 12.8. The summed E-state index contributed by atoms with van der Waals surface area (Å²) in [4.78, 5) is 25.3. The van der Waals surface area contributed by atoms with Crippen LogP contribution in [-0.2, 0) is 14.9 Å². The van der Waals surface area contributed by atoms with Crippen LogP contribution in [0, 0.1) is 5.92 Å². The molecule has 1 amide bonds. The minimum Gasteiger partial charge on any atom is -0.427 e. The van der Waals surface area contributed by atoms with Gasteiger partial charge in [-0.15, -0.1) is 0 Å². The lowest BCUT2D eigenvalue weighted by Gasteiger charge is -2.61. The smallest absolute Gasteiger partial charge is 0.308 e. The van der Waals surface area contributed by atoms with Gasteiger partial charge in [0, 0.05) is 43.4 Å². The van der Waals surface area contributed by atoms with Gasteiger partial charge in [-0.25, -0.2) is 0 Å². The molecule has 6 nitrogen and oxygen atoms in total. The standard InChI is InChI=1S/C34H40N2O4/c1-24(37)40-31-10-6-9-29(20-31)33-17-18-36(2,22-25-11-12-25)23-34(33,39-3)16-15-30(21-33)35-32(38)28-14-13-26-7-4-5-8-27(26)19-28/h4-10,13-14,19-20,25,30H,11-12,15-18,21-23H2,1-3H3/p+1/t30-,33+,34?,36-/m1/s1. The molecule has 0 aromatic heterocycles. The molecule has 40 heavy (non-hydrogen) atoms. The predicted molar refractivity (Wildman–Crippen MR) is 156 cm³/mol. The molecule has 2 saturated carbocycles. The van der Waals surface area contributed by atoms with E-state index in [0.29, 0.717) is 11.3 Å². The highest BCUT2D eigenvalue weighted by Crippen LogP contribution is 2.55. The van der Waals surface area contributed by atoms with E-state index in [1.165, 1.54) is 26.3 Å². The number of benzene rings is 3. The van der Waals surface area contributed by atoms with E-state index in [2.05, 4.69) is 24.5 Å². The number of quaternary nitrogens is 1. The zero-order chi connectivity index (χ0) is 28.0. The van der Waals surface area contributed by atoms with Crippen LogP contribution in [0.2, 0.25) is 0 Å². The van der Waals surface area contributed by atoms with Crippen molar-refractivity contribution in [2.75, 3.05) is 33.8 Å². The Morgan fingerprint density at radius 2 is 1.77 bits per heavy atom. The van der Waals surface area contributed by atoms with E-state index in [1.807, 2.05) is 61.7 Å². The van der Waals surface area contributed by atoms with E-state index in [4.69, 9.17) is 9.47 Å². The van der Waals surface area contributed by atoms with Crippen molar-refractivity contribution >= 4 is 22.6 Å². The Balaban J connectivity index is 1.32. The molecule has 0 bridgehead atoms. The molecule has 0 radical (unpaired) electrons. The summed E-state index contributed by atoms with van der Waals surface area (Å²) in [5.74, 6) is 1.03. The van der Waals surface area contributed by atoms with Crippen LogP contribution >= 0.6 is 0 Å². The fourth-order valence-electron chi connectivity index (χ4n) is 7.78. The molecule has 6 rings (SSSR count). The molecule has 0 spiro atoms. The van der Waals surface area contributed by atoms with Crippen LogP contribution in [0.25, 0.3) is 10.8 Å². The van der Waals surface area contributed by atoms with Gasteiger partial charge in [0.2, 0.25) is 0 Å². The van der Waals surface area contributed by atoms with Gasteiger partial charge in [0.05, 0.1) is 20.1 Å². The first kappa shape index (κ1) is 27.0. The Morgan fingerprint density at radius 3 is 2.52 bits per heavy atom. The number of nitrogens with one attached hydrogen (secondary N) is 1. The molecule has 3 fully saturated rings. The molecule has 1 saturated heterocycles. The van der Waals surface area contributed by atoms with Crippen LogP contribution in [0.3, 0.4) is 0 Å². The van der Waals surface area contributed by atoms with Crippen LogP contribution < -0.4 is 10.1 Å². The van der Waals surface area contributed by atoms with Crippen molar-refractivity contribution < 1.29 is 23.5 Å². The van der Waals surface area contributed by atoms with Crippen molar-refractivity contribution in [3.8, 4) is 5.75 Å². The molecule has 210 valence electrons. The second-order valence-corrected chi connectivity index (χ2v) is 12.8. The van der Waals surface area contributed by atoms with Gasteiger partial charge in [0.25, 0.3) is 5.91 Å². The molecular weight excluding hydrogens is 500 g/mol. The molecule has 1 heterocycles. The summed E-state index contributed by atoms with van der Waals surface area (Å²) in [7, 11) is 4.26. The maximum absolute atomic E-state index is 13.5. The van der Waals surface area contributed by atoms with Gasteiger partial charge in [-0.1, -0.05) is 42.5 Å². The quantitative estimate of drug-likeness (QED) is 0.239. The SMILES string of the molecule is COC12CC[C@@H](NC(=O)c3ccc4ccccc4c3)C[C@]1(c1cccc(OC(C)=O)c1)CC[N@+](C)(CC1CC1)C2. The number of hydrogen-bond donors (Lipinski definition) is 1. The lowest BCUT2D eigenvalue weighted by atomic mass is 9.54. The minimum absolute atomic E-state index is 0.0138. The first-order valence-electron chi connectivity index (χ1n) is 14.7. The van der Waals surface area contributed by atoms with Crippen molar-refractivity contribution in [1.29, 1.82) is 0 Å². The highest BCUT2D eigenvalue weighted by Gasteiger charge is 2.63. The van der Waals surface area contributed by atoms with Crippen LogP contribution in [0.15, 0.2) is 66.7 Å². The third-order valence-electron chi connectivity index (χ3n) is 9.86. The Kier molecular flexibility index (Phi) is 6.96. The maximum Gasteiger partial charge on any atom is 0.308 e. The molecule has 1 N–H and O–H groups in total. The topological polar surface area (TPSA) is 64.6 Å². The summed E-state index contributed by atoms with van der Waals surface area (Å²) in [6.45, 7) is 4.65. The van der Waals surface area contributed by atoms with Crippen LogP contribution in [0.5, 0.6) is 5.75 Å². The number of piperidine rings is 1. The number of likely N-dealkylation sites (N-methyl/N-ethyl adjacent to an activating group) is 1. The van der Waals surface area contributed by atoms with E-state index >= 15 is 0 Å². The van der Waals surface area contributed by atoms with Gasteiger partial charge < -0.3 is 19.3 Å². The highest BCUT2D eigenvalue weighted by atomic mass is 16.5. The number of amides is 1. The lowest BCUT2D eigenvalue weighted by Crippen LogP contribution is -2.72. The number of carbonyl (C=O) groups is 2. The number of carbonyl (C=O) groups excluding carboxylic acids is 2. The third kappa shape index (κ3) is 5.04. The molecule has 1 aliphatic heterocycles. The number of ether oxygens (including phenoxy) is 2. The summed E-state index contributed by atoms with van der Waals surface area (Å²) in [5, 5.41) is 5.59. The van der Waals surface area contributed by atoms with Gasteiger partial charge in [0.1, 0.15) is 17.9 Å². The molecular formula is C34H41N2O4+. The van der Waals surface area contributed by atoms with Gasteiger partial charge >= 0.3 is 5.97 Å². The zero-order valence-electron chi connectivity index (χ0n) is 23.9. The fourth-order valence-corrected chi connectivity index (χ4v) is 7.78. The normalized spacial score (nSPS) is 29.9. The lowest BCUT2D eigenvalue weighted by molar-refractivity contribution is -0.925. The number of nitrogens with zero attached hydrogens (tertiary/aromatic N) is 1. The second kappa shape index (κ2) is 10.3. The van der Waals surface area contributed by atoms with E-state index in [1.54, 1.807) is 0 Å². The average Bonchev–Trinajstić information content (AvgIpc) is 3.76. The van der Waals surface area contributed by atoms with Crippen LogP contribution in [-0.4, -0.2) is 61.8 Å². The highest BCUT2D eigenvalue weighted by molar-refractivity contribution is 5.98. The molecule has 6 heteroatoms. The largest absolute Gasteiger partial charge is 0.427 e. The van der Waals surface area contributed by atoms with Crippen molar-refractivity contribution in [2.45, 2.75) is 62.5 Å². The van der Waals surface area contributed by atoms with Gasteiger partial charge in [-0.3, -0.25) is 9.59 Å². The van der Waals surface area contributed by atoms with Crippen LogP contribution in [0.4, 0.5) is 0 Å². The maximum atomic E-state index is 13.5. The zero-order valence-corrected chi connectivity index (χ0v) is 23.9. The van der Waals surface area contributed by atoms with Crippen molar-refractivity contribution in [2.24, 2.45) is 5.92 Å². The number of esters is 1. The molecule has 3 aliphatic rings. The van der Waals surface area contributed by atoms with Crippen molar-refractivity contribution in [3.63, 3.8) is 0 Å². The van der Waals surface area contributed by atoms with E-state index < -0.39 is 0 Å². The monoisotopic (exact) mass is 541 g/mol. The average molecular weight is 542 g/mol. The summed E-state index contributed by atoms with van der Waals surface area (Å²) >= 11 is 0. The van der Waals surface area contributed by atoms with Crippen LogP contribution in [0.1, 0.15) is 61.4 Å². The number of hydrogen-bond acceptors (Lipinski definition) is 4. The van der Waals surface area contributed by atoms with Gasteiger partial charge in [0.15, 0.2) is 0 Å². The van der Waals surface area contributed by atoms with E-state index in [-0.39, 0.29) is 28.9 Å². The molecule has 2 aliphatic carbocycles. The molecule has 3 aromatic rings. The Hall–Kier alpha value is -3.22. The fraction of sp³-hybridized carbons (Fsp3) is 0.471. The van der Waals surface area contributed by atoms with Crippen molar-refractivity contribution in [1.82, 2.24) is 5.32 Å². The van der Waals surface area contributed by atoms with Gasteiger partial charge in [-0.05, 0) is 72.7 Å². The van der Waals surface area contributed by atoms with Gasteiger partial charge in [-0.2, -0.15) is 0 Å². The number of methoxy groups -OCH3 is 1. The van der Waals surface area contributed by atoms with E-state index in [0.717, 1.165) is 65.5 Å². The minimum atomic E-state index is -0.367. The first-order valence-corrected chi connectivity index (χ1v) is 14.7. The molecule has 1 unspecified atom stereocenters. The summed E-state index contributed by atoms with van der Waals surface area (Å²) in [5.41, 5.74) is 1.15. The summed E-state index contributed by atoms with van der Waals surface area (Å²) in [6, 6.07) is 22.1. The molecule has 3 aromatic carbocycles. The Morgan fingerprint density at radius 1 is 0.975 bits per heavy atom. The third-order valence-corrected chi connectivity index (χ3v) is 9.86. The summed E-state index contributed by atoms with van der Waals surface area (Å²) in [6.07, 6.45) is 6.14.